The van der Waals surface area contributed by atoms with E-state index in [1.807, 2.05) is 12.4 Å². The smallest absolute Gasteiger partial charge is 0.0798 e. The van der Waals surface area contributed by atoms with Crippen molar-refractivity contribution in [2.24, 2.45) is 0 Å². The summed E-state index contributed by atoms with van der Waals surface area (Å²) in [6.07, 6.45) is 0. The Labute approximate surface area is 77.6 Å². The van der Waals surface area contributed by atoms with Gasteiger partial charge in [-0.25, -0.2) is 4.98 Å². The first kappa shape index (κ1) is 8.50. The maximum atomic E-state index is 5.96. The van der Waals surface area contributed by atoms with Crippen LogP contribution >= 0.6 is 38.9 Å². The van der Waals surface area contributed by atoms with Gasteiger partial charge in [-0.3, -0.25) is 0 Å². The lowest BCUT2D eigenvalue weighted by Crippen LogP contribution is -1.89. The van der Waals surface area contributed by atoms with E-state index in [1.54, 1.807) is 11.3 Å². The van der Waals surface area contributed by atoms with Crippen LogP contribution in [0.1, 0.15) is 15.9 Å². The Kier molecular flexibility index (Phi) is 3.14. The number of hydrogen-bond acceptors (Lipinski definition) is 2. The van der Waals surface area contributed by atoms with Crippen LogP contribution in [0.5, 0.6) is 0 Å². The van der Waals surface area contributed by atoms with E-state index < -0.39 is 0 Å². The summed E-state index contributed by atoms with van der Waals surface area (Å²) in [5.74, 6) is 0. The predicted octanol–water partition coefficient (Wildman–Crippen LogP) is 3.13. The van der Waals surface area contributed by atoms with Gasteiger partial charge in [-0.05, 0) is 6.92 Å². The highest BCUT2D eigenvalue weighted by Gasteiger charge is 2.10. The molecule has 0 spiro atoms. The average molecular weight is 241 g/mol. The SMILES string of the molecule is Cc1ncsc1C(Cl)CBr. The van der Waals surface area contributed by atoms with Crippen molar-refractivity contribution in [3.05, 3.63) is 16.1 Å². The summed E-state index contributed by atoms with van der Waals surface area (Å²) in [4.78, 5) is 5.26. The number of aryl methyl sites for hydroxylation is 1. The van der Waals surface area contributed by atoms with Gasteiger partial charge in [-0.15, -0.1) is 22.9 Å². The Bertz CT molecular complexity index is 213. The first-order chi connectivity index (χ1) is 4.75. The standard InChI is InChI=1S/C6H7BrClNS/c1-4-6(5(8)2-7)10-3-9-4/h3,5H,2H2,1H3. The minimum Gasteiger partial charge on any atom is -0.250 e. The highest BCUT2D eigenvalue weighted by molar-refractivity contribution is 9.09. The van der Waals surface area contributed by atoms with Gasteiger partial charge in [-0.2, -0.15) is 0 Å². The molecule has 1 nitrogen and oxygen atoms in total. The minimum atomic E-state index is 0.0764. The van der Waals surface area contributed by atoms with Crippen LogP contribution in [0.3, 0.4) is 0 Å². The van der Waals surface area contributed by atoms with Crippen molar-refractivity contribution >= 4 is 38.9 Å². The fraction of sp³-hybridized carbons (Fsp3) is 0.500. The summed E-state index contributed by atoms with van der Waals surface area (Å²) >= 11 is 10.9. The lowest BCUT2D eigenvalue weighted by molar-refractivity contribution is 1.09. The third-order valence-corrected chi connectivity index (χ3v) is 3.77. The van der Waals surface area contributed by atoms with Crippen LogP contribution < -0.4 is 0 Å². The largest absolute Gasteiger partial charge is 0.250 e. The fourth-order valence-corrected chi connectivity index (χ4v) is 2.31. The van der Waals surface area contributed by atoms with Gasteiger partial charge in [0.25, 0.3) is 0 Å². The number of hydrogen-bond donors (Lipinski definition) is 0. The molecule has 0 N–H and O–H groups in total. The molecule has 1 heterocycles. The number of rotatable bonds is 2. The molecule has 0 saturated heterocycles. The van der Waals surface area contributed by atoms with E-state index in [0.29, 0.717) is 0 Å². The lowest BCUT2D eigenvalue weighted by atomic mass is 10.3. The summed E-state index contributed by atoms with van der Waals surface area (Å²) in [5.41, 5.74) is 2.87. The van der Waals surface area contributed by atoms with Gasteiger partial charge in [-0.1, -0.05) is 15.9 Å². The van der Waals surface area contributed by atoms with Crippen LogP contribution in [-0.4, -0.2) is 10.3 Å². The lowest BCUT2D eigenvalue weighted by Gasteiger charge is -2.00. The molecule has 0 saturated carbocycles. The molecule has 0 bridgehead atoms. The predicted molar refractivity (Wildman–Crippen MR) is 49.2 cm³/mol. The molecule has 0 amide bonds. The van der Waals surface area contributed by atoms with Crippen molar-refractivity contribution in [3.8, 4) is 0 Å². The second-order valence-electron chi connectivity index (χ2n) is 1.92. The molecule has 10 heavy (non-hydrogen) atoms. The Morgan fingerprint density at radius 2 is 2.60 bits per heavy atom. The van der Waals surface area contributed by atoms with Crippen molar-refractivity contribution in [1.82, 2.24) is 4.98 Å². The van der Waals surface area contributed by atoms with Gasteiger partial charge in [0.2, 0.25) is 0 Å². The molecule has 1 unspecified atom stereocenters. The molecule has 0 aromatic carbocycles. The molecule has 0 aliphatic carbocycles. The summed E-state index contributed by atoms with van der Waals surface area (Å²) in [7, 11) is 0. The van der Waals surface area contributed by atoms with Crippen LogP contribution in [-0.2, 0) is 0 Å². The molecule has 1 aromatic rings. The third kappa shape index (κ3) is 1.71. The van der Waals surface area contributed by atoms with E-state index in [2.05, 4.69) is 20.9 Å². The Morgan fingerprint density at radius 1 is 1.90 bits per heavy atom. The molecule has 56 valence electrons. The Hall–Kier alpha value is 0.400. The molecule has 4 heteroatoms. The zero-order chi connectivity index (χ0) is 7.56. The van der Waals surface area contributed by atoms with Gasteiger partial charge in [0.1, 0.15) is 0 Å². The van der Waals surface area contributed by atoms with Crippen molar-refractivity contribution in [2.45, 2.75) is 12.3 Å². The number of thiazole rings is 1. The molecule has 0 fully saturated rings. The van der Waals surface area contributed by atoms with E-state index in [4.69, 9.17) is 11.6 Å². The highest BCUT2D eigenvalue weighted by atomic mass is 79.9. The topological polar surface area (TPSA) is 12.9 Å². The molecule has 1 aromatic heterocycles. The second-order valence-corrected chi connectivity index (χ2v) is 3.98. The van der Waals surface area contributed by atoms with E-state index in [1.165, 1.54) is 4.88 Å². The summed E-state index contributed by atoms with van der Waals surface area (Å²) < 4.78 is 0. The molecule has 0 aliphatic heterocycles. The van der Waals surface area contributed by atoms with Gasteiger partial charge in [0.05, 0.1) is 16.6 Å². The van der Waals surface area contributed by atoms with Crippen molar-refractivity contribution in [3.63, 3.8) is 0 Å². The van der Waals surface area contributed by atoms with Crippen molar-refractivity contribution in [2.75, 3.05) is 5.33 Å². The van der Waals surface area contributed by atoms with Crippen LogP contribution in [0, 0.1) is 6.92 Å². The zero-order valence-electron chi connectivity index (χ0n) is 5.47. The third-order valence-electron chi connectivity index (χ3n) is 1.20. The molecular weight excluding hydrogens is 233 g/mol. The summed E-state index contributed by atoms with van der Waals surface area (Å²) in [6, 6.07) is 0. The highest BCUT2D eigenvalue weighted by Crippen LogP contribution is 2.28. The molecular formula is C6H7BrClNS. The quantitative estimate of drug-likeness (QED) is 0.724. The number of alkyl halides is 2. The molecule has 1 atom stereocenters. The normalized spacial score (nSPS) is 13.5. The van der Waals surface area contributed by atoms with Crippen molar-refractivity contribution in [1.29, 1.82) is 0 Å². The Balaban J connectivity index is 2.82. The van der Waals surface area contributed by atoms with Crippen LogP contribution in [0.15, 0.2) is 5.51 Å². The minimum absolute atomic E-state index is 0.0764. The first-order valence-electron chi connectivity index (χ1n) is 2.85. The van der Waals surface area contributed by atoms with Crippen LogP contribution in [0.2, 0.25) is 0 Å². The van der Waals surface area contributed by atoms with Gasteiger partial charge in [0, 0.05) is 10.2 Å². The summed E-state index contributed by atoms with van der Waals surface area (Å²) in [6.45, 7) is 1.98. The number of halogens is 2. The van der Waals surface area contributed by atoms with E-state index >= 15 is 0 Å². The van der Waals surface area contributed by atoms with Crippen LogP contribution in [0.4, 0.5) is 0 Å². The maximum Gasteiger partial charge on any atom is 0.0798 e. The molecule has 0 radical (unpaired) electrons. The Morgan fingerprint density at radius 3 is 3.00 bits per heavy atom. The zero-order valence-corrected chi connectivity index (χ0v) is 8.63. The van der Waals surface area contributed by atoms with Crippen LogP contribution in [0.25, 0.3) is 0 Å². The summed E-state index contributed by atoms with van der Waals surface area (Å²) in [5, 5.41) is 0.866. The van der Waals surface area contributed by atoms with E-state index in [9.17, 15) is 0 Å². The second kappa shape index (κ2) is 3.69. The van der Waals surface area contributed by atoms with Gasteiger partial charge in [0.15, 0.2) is 0 Å². The van der Waals surface area contributed by atoms with Gasteiger partial charge >= 0.3 is 0 Å². The monoisotopic (exact) mass is 239 g/mol. The molecule has 1 rings (SSSR count). The van der Waals surface area contributed by atoms with Crippen molar-refractivity contribution < 1.29 is 0 Å². The number of aromatic nitrogens is 1. The maximum absolute atomic E-state index is 5.96. The van der Waals surface area contributed by atoms with Gasteiger partial charge < -0.3 is 0 Å². The van der Waals surface area contributed by atoms with E-state index in [-0.39, 0.29) is 5.38 Å². The fourth-order valence-electron chi connectivity index (χ4n) is 0.682. The number of nitrogens with zero attached hydrogens (tertiary/aromatic N) is 1. The molecule has 0 aliphatic rings. The van der Waals surface area contributed by atoms with E-state index in [0.717, 1.165) is 11.0 Å². The average Bonchev–Trinajstić information content (AvgIpc) is 2.34. The first-order valence-corrected chi connectivity index (χ1v) is 5.29.